The molecule has 0 atom stereocenters. The highest BCUT2D eigenvalue weighted by Gasteiger charge is 2.05. The molecular weight excluding hydrogens is 298 g/mol. The maximum atomic E-state index is 6.09. The Kier molecular flexibility index (Phi) is 3.70. The number of tetrazole rings is 1. The van der Waals surface area contributed by atoms with E-state index in [1.165, 1.54) is 4.63 Å². The van der Waals surface area contributed by atoms with Crippen LogP contribution in [-0.2, 0) is 5.75 Å². The SMILES string of the molecule is COc1ccc(CSc2ccc3nnnn3n2)cc1Cl. The monoisotopic (exact) mass is 307 g/mol. The van der Waals surface area contributed by atoms with Crippen molar-refractivity contribution in [1.82, 2.24) is 25.3 Å². The molecule has 2 aromatic heterocycles. The molecule has 0 radical (unpaired) electrons. The Morgan fingerprint density at radius 3 is 3.00 bits per heavy atom. The molecule has 0 unspecified atom stereocenters. The molecule has 3 rings (SSSR count). The summed E-state index contributed by atoms with van der Waals surface area (Å²) in [6.45, 7) is 0. The van der Waals surface area contributed by atoms with Gasteiger partial charge in [0.2, 0.25) is 0 Å². The summed E-state index contributed by atoms with van der Waals surface area (Å²) in [4.78, 5) is 0. The van der Waals surface area contributed by atoms with Crippen molar-refractivity contribution < 1.29 is 4.74 Å². The molecule has 1 aromatic carbocycles. The maximum Gasteiger partial charge on any atom is 0.200 e. The Labute approximate surface area is 124 Å². The molecule has 6 nitrogen and oxygen atoms in total. The molecule has 20 heavy (non-hydrogen) atoms. The van der Waals surface area contributed by atoms with Crippen molar-refractivity contribution in [2.75, 3.05) is 7.11 Å². The van der Waals surface area contributed by atoms with Crippen LogP contribution in [0.15, 0.2) is 35.4 Å². The van der Waals surface area contributed by atoms with Crippen molar-refractivity contribution in [1.29, 1.82) is 0 Å². The highest BCUT2D eigenvalue weighted by molar-refractivity contribution is 7.98. The molecule has 8 heteroatoms. The van der Waals surface area contributed by atoms with Gasteiger partial charge in [-0.15, -0.1) is 14.8 Å². The first-order valence-electron chi connectivity index (χ1n) is 5.77. The Morgan fingerprint density at radius 1 is 1.30 bits per heavy atom. The van der Waals surface area contributed by atoms with Gasteiger partial charge in [-0.2, -0.15) is 0 Å². The number of ether oxygens (including phenoxy) is 1. The number of fused-ring (bicyclic) bond motifs is 1. The molecule has 0 aliphatic rings. The quantitative estimate of drug-likeness (QED) is 0.690. The molecule has 0 N–H and O–H groups in total. The third kappa shape index (κ3) is 2.68. The van der Waals surface area contributed by atoms with Crippen LogP contribution in [0.4, 0.5) is 0 Å². The Morgan fingerprint density at radius 2 is 2.20 bits per heavy atom. The van der Waals surface area contributed by atoms with E-state index in [2.05, 4.69) is 20.6 Å². The first-order valence-corrected chi connectivity index (χ1v) is 7.13. The standard InChI is InChI=1S/C12H10ClN5OS/c1-19-10-3-2-8(6-9(10)13)7-20-12-5-4-11-14-16-17-18(11)15-12/h2-6H,7H2,1H3. The van der Waals surface area contributed by atoms with Crippen LogP contribution in [-0.4, -0.2) is 32.4 Å². The van der Waals surface area contributed by atoms with Gasteiger partial charge in [-0.05, 0) is 40.3 Å². The highest BCUT2D eigenvalue weighted by atomic mass is 35.5. The first kappa shape index (κ1) is 13.1. The summed E-state index contributed by atoms with van der Waals surface area (Å²) in [5, 5.41) is 16.9. The van der Waals surface area contributed by atoms with Crippen LogP contribution < -0.4 is 4.74 Å². The molecule has 102 valence electrons. The van der Waals surface area contributed by atoms with Crippen LogP contribution >= 0.6 is 23.4 Å². The topological polar surface area (TPSA) is 65.2 Å². The Balaban J connectivity index is 1.73. The predicted molar refractivity (Wildman–Crippen MR) is 76.1 cm³/mol. The van der Waals surface area contributed by atoms with Crippen molar-refractivity contribution in [3.8, 4) is 5.75 Å². The minimum atomic E-state index is 0.606. The molecule has 0 saturated carbocycles. The number of rotatable bonds is 4. The number of benzene rings is 1. The second-order valence-corrected chi connectivity index (χ2v) is 5.36. The highest BCUT2D eigenvalue weighted by Crippen LogP contribution is 2.28. The Hall–Kier alpha value is -1.86. The first-order chi connectivity index (χ1) is 9.76. The van der Waals surface area contributed by atoms with Crippen LogP contribution in [0.3, 0.4) is 0 Å². The molecule has 2 heterocycles. The van der Waals surface area contributed by atoms with E-state index in [1.807, 2.05) is 30.3 Å². The number of halogens is 1. The number of hydrogen-bond acceptors (Lipinski definition) is 6. The fraction of sp³-hybridized carbons (Fsp3) is 0.167. The number of thioether (sulfide) groups is 1. The third-order valence-corrected chi connectivity index (χ3v) is 3.93. The van der Waals surface area contributed by atoms with Crippen LogP contribution in [0.2, 0.25) is 5.02 Å². The minimum Gasteiger partial charge on any atom is -0.495 e. The largest absolute Gasteiger partial charge is 0.495 e. The van der Waals surface area contributed by atoms with E-state index < -0.39 is 0 Å². The van der Waals surface area contributed by atoms with Gasteiger partial charge in [-0.3, -0.25) is 0 Å². The van der Waals surface area contributed by atoms with Gasteiger partial charge in [0.1, 0.15) is 10.8 Å². The van der Waals surface area contributed by atoms with Crippen LogP contribution in [0.1, 0.15) is 5.56 Å². The molecule has 0 aliphatic heterocycles. The fourth-order valence-electron chi connectivity index (χ4n) is 1.67. The van der Waals surface area contributed by atoms with Gasteiger partial charge in [-0.1, -0.05) is 29.4 Å². The summed E-state index contributed by atoms with van der Waals surface area (Å²) in [7, 11) is 1.60. The van der Waals surface area contributed by atoms with E-state index >= 15 is 0 Å². The maximum absolute atomic E-state index is 6.09. The number of aromatic nitrogens is 5. The summed E-state index contributed by atoms with van der Waals surface area (Å²) in [5.74, 6) is 1.43. The zero-order chi connectivity index (χ0) is 13.9. The molecule has 0 bridgehead atoms. The van der Waals surface area contributed by atoms with E-state index in [0.717, 1.165) is 16.3 Å². The average Bonchev–Trinajstić information content (AvgIpc) is 2.92. The van der Waals surface area contributed by atoms with Crippen molar-refractivity contribution >= 4 is 29.0 Å². The van der Waals surface area contributed by atoms with Gasteiger partial charge in [0.25, 0.3) is 0 Å². The lowest BCUT2D eigenvalue weighted by molar-refractivity contribution is 0.415. The van der Waals surface area contributed by atoms with E-state index in [9.17, 15) is 0 Å². The zero-order valence-corrected chi connectivity index (χ0v) is 12.1. The molecule has 0 spiro atoms. The normalized spacial score (nSPS) is 10.9. The number of hydrogen-bond donors (Lipinski definition) is 0. The van der Waals surface area contributed by atoms with Gasteiger partial charge in [-0.25, -0.2) is 0 Å². The molecule has 0 amide bonds. The van der Waals surface area contributed by atoms with Gasteiger partial charge in [0, 0.05) is 5.75 Å². The molecule has 0 fully saturated rings. The van der Waals surface area contributed by atoms with Crippen molar-refractivity contribution in [2.45, 2.75) is 10.8 Å². The average molecular weight is 308 g/mol. The fourth-order valence-corrected chi connectivity index (χ4v) is 2.74. The Bertz CT molecular complexity index is 748. The van der Waals surface area contributed by atoms with Gasteiger partial charge in [0.15, 0.2) is 5.65 Å². The lowest BCUT2D eigenvalue weighted by Gasteiger charge is -2.05. The van der Waals surface area contributed by atoms with Crippen molar-refractivity contribution in [3.63, 3.8) is 0 Å². The zero-order valence-electron chi connectivity index (χ0n) is 10.5. The van der Waals surface area contributed by atoms with Gasteiger partial charge in [0.05, 0.1) is 12.1 Å². The molecule has 0 saturated heterocycles. The molecule has 3 aromatic rings. The van der Waals surface area contributed by atoms with Crippen LogP contribution in [0, 0.1) is 0 Å². The molecule has 0 aliphatic carbocycles. The predicted octanol–water partition coefficient (Wildman–Crippen LogP) is 2.47. The summed E-state index contributed by atoms with van der Waals surface area (Å²) in [5.41, 5.74) is 1.72. The lowest BCUT2D eigenvalue weighted by atomic mass is 10.2. The van der Waals surface area contributed by atoms with Crippen molar-refractivity contribution in [3.05, 3.63) is 40.9 Å². The number of methoxy groups -OCH3 is 1. The second kappa shape index (κ2) is 5.64. The van der Waals surface area contributed by atoms with Gasteiger partial charge < -0.3 is 4.74 Å². The summed E-state index contributed by atoms with van der Waals surface area (Å²) in [6, 6.07) is 9.45. The van der Waals surface area contributed by atoms with E-state index in [-0.39, 0.29) is 0 Å². The van der Waals surface area contributed by atoms with E-state index in [1.54, 1.807) is 18.9 Å². The van der Waals surface area contributed by atoms with Gasteiger partial charge >= 0.3 is 0 Å². The lowest BCUT2D eigenvalue weighted by Crippen LogP contribution is -1.95. The smallest absolute Gasteiger partial charge is 0.200 e. The number of nitrogens with zero attached hydrogens (tertiary/aromatic N) is 5. The van der Waals surface area contributed by atoms with Crippen LogP contribution in [0.25, 0.3) is 5.65 Å². The second-order valence-electron chi connectivity index (χ2n) is 3.96. The van der Waals surface area contributed by atoms with E-state index in [4.69, 9.17) is 16.3 Å². The van der Waals surface area contributed by atoms with E-state index in [0.29, 0.717) is 16.4 Å². The third-order valence-electron chi connectivity index (χ3n) is 2.65. The summed E-state index contributed by atoms with van der Waals surface area (Å²) < 4.78 is 6.53. The van der Waals surface area contributed by atoms with Crippen LogP contribution in [0.5, 0.6) is 5.75 Å². The minimum absolute atomic E-state index is 0.606. The molecular formula is C12H10ClN5OS. The van der Waals surface area contributed by atoms with Crippen molar-refractivity contribution in [2.24, 2.45) is 0 Å². The summed E-state index contributed by atoms with van der Waals surface area (Å²) in [6.07, 6.45) is 0. The summed E-state index contributed by atoms with van der Waals surface area (Å²) >= 11 is 7.68.